The van der Waals surface area contributed by atoms with Gasteiger partial charge in [-0.1, -0.05) is 18.2 Å². The molecule has 1 fully saturated rings. The van der Waals surface area contributed by atoms with Crippen LogP contribution in [0, 0.1) is 0 Å². The number of hydrogen-bond donors (Lipinski definition) is 0. The SMILES string of the molecule is CC1(C)OC[C@H](/C=C/S(=O)(=O)c2ccccc2)O1. The fourth-order valence-electron chi connectivity index (χ4n) is 1.69. The molecule has 4 nitrogen and oxygen atoms in total. The molecule has 1 aliphatic rings. The molecule has 0 saturated carbocycles. The lowest BCUT2D eigenvalue weighted by atomic mass is 10.4. The minimum absolute atomic E-state index is 0.277. The molecule has 0 bridgehead atoms. The van der Waals surface area contributed by atoms with Gasteiger partial charge in [-0.3, -0.25) is 0 Å². The molecule has 0 radical (unpaired) electrons. The maximum Gasteiger partial charge on any atom is 0.199 e. The third-order valence-corrected chi connectivity index (χ3v) is 4.02. The molecule has 0 N–H and O–H groups in total. The Kier molecular flexibility index (Phi) is 3.56. The molecule has 0 unspecified atom stereocenters. The fourth-order valence-corrected chi connectivity index (χ4v) is 2.77. The van der Waals surface area contributed by atoms with Crippen molar-refractivity contribution in [3.8, 4) is 0 Å². The third kappa shape index (κ3) is 3.19. The highest BCUT2D eigenvalue weighted by atomic mass is 32.2. The van der Waals surface area contributed by atoms with E-state index < -0.39 is 15.6 Å². The first-order valence-electron chi connectivity index (χ1n) is 5.69. The number of ether oxygens (including phenoxy) is 2. The molecular formula is C13H16O4S. The molecule has 1 atom stereocenters. The van der Waals surface area contributed by atoms with E-state index in [4.69, 9.17) is 9.47 Å². The van der Waals surface area contributed by atoms with E-state index in [2.05, 4.69) is 0 Å². The minimum Gasteiger partial charge on any atom is -0.347 e. The van der Waals surface area contributed by atoms with Crippen LogP contribution in [-0.2, 0) is 19.3 Å². The van der Waals surface area contributed by atoms with Gasteiger partial charge >= 0.3 is 0 Å². The van der Waals surface area contributed by atoms with Crippen molar-refractivity contribution in [2.24, 2.45) is 0 Å². The lowest BCUT2D eigenvalue weighted by Gasteiger charge is -2.15. The summed E-state index contributed by atoms with van der Waals surface area (Å²) in [6.45, 7) is 3.97. The van der Waals surface area contributed by atoms with Crippen LogP contribution in [0.2, 0.25) is 0 Å². The first kappa shape index (κ1) is 13.3. The molecule has 5 heteroatoms. The van der Waals surface area contributed by atoms with Gasteiger partial charge in [0.1, 0.15) is 6.10 Å². The van der Waals surface area contributed by atoms with Crippen LogP contribution in [0.25, 0.3) is 0 Å². The molecule has 2 rings (SSSR count). The van der Waals surface area contributed by atoms with E-state index in [1.165, 1.54) is 11.5 Å². The van der Waals surface area contributed by atoms with Crippen LogP contribution in [0.15, 0.2) is 46.7 Å². The van der Waals surface area contributed by atoms with E-state index in [0.717, 1.165) is 0 Å². The van der Waals surface area contributed by atoms with Crippen LogP contribution in [-0.4, -0.2) is 26.9 Å². The van der Waals surface area contributed by atoms with Gasteiger partial charge in [-0.05, 0) is 32.1 Å². The van der Waals surface area contributed by atoms with E-state index in [0.29, 0.717) is 6.61 Å². The number of rotatable bonds is 3. The Morgan fingerprint density at radius 1 is 1.28 bits per heavy atom. The monoisotopic (exact) mass is 268 g/mol. The smallest absolute Gasteiger partial charge is 0.199 e. The molecule has 0 amide bonds. The minimum atomic E-state index is -3.40. The van der Waals surface area contributed by atoms with Crippen molar-refractivity contribution >= 4 is 9.84 Å². The predicted octanol–water partition coefficient (Wildman–Crippen LogP) is 2.13. The Morgan fingerprint density at radius 2 is 1.94 bits per heavy atom. The normalized spacial score (nSPS) is 23.6. The number of hydrogen-bond acceptors (Lipinski definition) is 4. The summed E-state index contributed by atoms with van der Waals surface area (Å²) < 4.78 is 34.8. The summed E-state index contributed by atoms with van der Waals surface area (Å²) in [5.74, 6) is -0.647. The predicted molar refractivity (Wildman–Crippen MR) is 67.7 cm³/mol. The van der Waals surface area contributed by atoms with E-state index in [9.17, 15) is 8.42 Å². The number of benzene rings is 1. The van der Waals surface area contributed by atoms with Crippen LogP contribution in [0.5, 0.6) is 0 Å². The maximum absolute atomic E-state index is 12.0. The highest BCUT2D eigenvalue weighted by Gasteiger charge is 2.31. The molecule has 1 aliphatic heterocycles. The largest absolute Gasteiger partial charge is 0.347 e. The first-order valence-corrected chi connectivity index (χ1v) is 7.24. The van der Waals surface area contributed by atoms with Crippen molar-refractivity contribution in [3.63, 3.8) is 0 Å². The summed E-state index contributed by atoms with van der Waals surface area (Å²) in [6.07, 6.45) is 1.20. The second kappa shape index (κ2) is 4.84. The zero-order valence-corrected chi connectivity index (χ0v) is 11.2. The highest BCUT2D eigenvalue weighted by molar-refractivity contribution is 7.94. The second-order valence-electron chi connectivity index (χ2n) is 4.55. The van der Waals surface area contributed by atoms with Crippen molar-refractivity contribution in [2.45, 2.75) is 30.6 Å². The molecule has 1 aromatic rings. The molecule has 0 aromatic heterocycles. The lowest BCUT2D eigenvalue weighted by Crippen LogP contribution is -2.20. The van der Waals surface area contributed by atoms with Crippen LogP contribution in [0.4, 0.5) is 0 Å². The Bertz CT molecular complexity index is 531. The Morgan fingerprint density at radius 3 is 2.50 bits per heavy atom. The van der Waals surface area contributed by atoms with Gasteiger partial charge in [0.15, 0.2) is 15.6 Å². The van der Waals surface area contributed by atoms with E-state index in [1.807, 2.05) is 0 Å². The van der Waals surface area contributed by atoms with Crippen LogP contribution < -0.4 is 0 Å². The maximum atomic E-state index is 12.0. The van der Waals surface area contributed by atoms with Gasteiger partial charge in [-0.25, -0.2) is 8.42 Å². The molecule has 0 aliphatic carbocycles. The molecule has 1 heterocycles. The molecule has 1 aromatic carbocycles. The van der Waals surface area contributed by atoms with Crippen molar-refractivity contribution in [1.82, 2.24) is 0 Å². The van der Waals surface area contributed by atoms with Gasteiger partial charge in [0.2, 0.25) is 0 Å². The first-order chi connectivity index (χ1) is 8.39. The zero-order valence-electron chi connectivity index (χ0n) is 10.4. The van der Waals surface area contributed by atoms with Gasteiger partial charge in [-0.2, -0.15) is 0 Å². The summed E-state index contributed by atoms with van der Waals surface area (Å²) in [7, 11) is -3.40. The van der Waals surface area contributed by atoms with Crippen molar-refractivity contribution < 1.29 is 17.9 Å². The zero-order chi connectivity index (χ0) is 13.2. The molecular weight excluding hydrogens is 252 g/mol. The van der Waals surface area contributed by atoms with Gasteiger partial charge in [0.05, 0.1) is 11.5 Å². The van der Waals surface area contributed by atoms with Crippen molar-refractivity contribution in [3.05, 3.63) is 41.8 Å². The molecule has 98 valence electrons. The Balaban J connectivity index is 2.10. The van der Waals surface area contributed by atoms with Gasteiger partial charge < -0.3 is 9.47 Å². The highest BCUT2D eigenvalue weighted by Crippen LogP contribution is 2.23. The van der Waals surface area contributed by atoms with Gasteiger partial charge in [-0.15, -0.1) is 0 Å². The van der Waals surface area contributed by atoms with Gasteiger partial charge in [0.25, 0.3) is 0 Å². The molecule has 18 heavy (non-hydrogen) atoms. The molecule has 0 spiro atoms. The van der Waals surface area contributed by atoms with Crippen LogP contribution >= 0.6 is 0 Å². The third-order valence-electron chi connectivity index (χ3n) is 2.57. The van der Waals surface area contributed by atoms with Crippen LogP contribution in [0.3, 0.4) is 0 Å². The summed E-state index contributed by atoms with van der Waals surface area (Å²) in [5, 5.41) is 1.18. The van der Waals surface area contributed by atoms with E-state index in [-0.39, 0.29) is 11.0 Å². The second-order valence-corrected chi connectivity index (χ2v) is 6.39. The molecule has 1 saturated heterocycles. The summed E-state index contributed by atoms with van der Waals surface area (Å²) in [5.41, 5.74) is 0. The summed E-state index contributed by atoms with van der Waals surface area (Å²) in [4.78, 5) is 0.277. The summed E-state index contributed by atoms with van der Waals surface area (Å²) in [6, 6.07) is 8.29. The number of sulfone groups is 1. The summed E-state index contributed by atoms with van der Waals surface area (Å²) >= 11 is 0. The van der Waals surface area contributed by atoms with E-state index >= 15 is 0 Å². The topological polar surface area (TPSA) is 52.6 Å². The standard InChI is InChI=1S/C13H16O4S/c1-13(2)16-10-11(17-13)8-9-18(14,15)12-6-4-3-5-7-12/h3-9,11H,10H2,1-2H3/b9-8+/t11-/m0/s1. The average molecular weight is 268 g/mol. The van der Waals surface area contributed by atoms with Gasteiger partial charge in [0, 0.05) is 5.41 Å². The fraction of sp³-hybridized carbons (Fsp3) is 0.385. The van der Waals surface area contributed by atoms with Crippen LogP contribution in [0.1, 0.15) is 13.8 Å². The van der Waals surface area contributed by atoms with Crippen molar-refractivity contribution in [1.29, 1.82) is 0 Å². The van der Waals surface area contributed by atoms with Crippen molar-refractivity contribution in [2.75, 3.05) is 6.61 Å². The quantitative estimate of drug-likeness (QED) is 0.842. The van der Waals surface area contributed by atoms with E-state index in [1.54, 1.807) is 44.2 Å². The average Bonchev–Trinajstić information content (AvgIpc) is 2.68. The Labute approximate surface area is 107 Å². The Hall–Kier alpha value is -1.17. The lowest BCUT2D eigenvalue weighted by molar-refractivity contribution is -0.133.